The van der Waals surface area contributed by atoms with Gasteiger partial charge in [-0.15, -0.1) is 11.3 Å². The van der Waals surface area contributed by atoms with E-state index in [1.54, 1.807) is 18.4 Å². The lowest BCUT2D eigenvalue weighted by molar-refractivity contribution is -0.121. The second-order valence-electron chi connectivity index (χ2n) is 5.90. The smallest absolute Gasteiger partial charge is 0.227 e. The van der Waals surface area contributed by atoms with Crippen molar-refractivity contribution in [1.82, 2.24) is 20.4 Å². The number of rotatable bonds is 9. The summed E-state index contributed by atoms with van der Waals surface area (Å²) in [7, 11) is 1.60. The fourth-order valence-corrected chi connectivity index (χ4v) is 3.42. The summed E-state index contributed by atoms with van der Waals surface area (Å²) in [6, 6.07) is 7.46. The number of carbonyl (C=O) groups excluding carboxylic acids is 1. The summed E-state index contributed by atoms with van der Waals surface area (Å²) in [5.74, 6) is 1.52. The van der Waals surface area contributed by atoms with Crippen LogP contribution < -0.4 is 10.1 Å². The summed E-state index contributed by atoms with van der Waals surface area (Å²) in [5, 5.41) is 9.99. The number of nitrogens with zero attached hydrogens (tertiary/aromatic N) is 3. The largest absolute Gasteiger partial charge is 0.496 e. The van der Waals surface area contributed by atoms with E-state index in [2.05, 4.69) is 32.7 Å². The number of hydrogen-bond donors (Lipinski definition) is 1. The Morgan fingerprint density at radius 1 is 1.26 bits per heavy atom. The third-order valence-electron chi connectivity index (χ3n) is 4.00. The zero-order valence-corrected chi connectivity index (χ0v) is 16.2. The summed E-state index contributed by atoms with van der Waals surface area (Å²) in [5.41, 5.74) is 1.86. The highest BCUT2D eigenvalue weighted by Gasteiger charge is 2.13. The van der Waals surface area contributed by atoms with Crippen LogP contribution in [0.25, 0.3) is 11.4 Å². The highest BCUT2D eigenvalue weighted by Crippen LogP contribution is 2.27. The molecule has 0 aliphatic rings. The molecular formula is C19H22N4O3S. The fourth-order valence-electron chi connectivity index (χ4n) is 2.54. The predicted molar refractivity (Wildman–Crippen MR) is 103 cm³/mol. The van der Waals surface area contributed by atoms with Crippen molar-refractivity contribution in [3.63, 3.8) is 0 Å². The molecule has 0 radical (unpaired) electrons. The van der Waals surface area contributed by atoms with Crippen molar-refractivity contribution in [1.29, 1.82) is 0 Å². The number of benzene rings is 1. The van der Waals surface area contributed by atoms with Gasteiger partial charge in [-0.2, -0.15) is 4.98 Å². The molecule has 1 amide bonds. The van der Waals surface area contributed by atoms with Crippen LogP contribution in [0.15, 0.2) is 34.2 Å². The fraction of sp³-hybridized carbons (Fsp3) is 0.368. The van der Waals surface area contributed by atoms with Crippen LogP contribution in [-0.4, -0.2) is 34.7 Å². The van der Waals surface area contributed by atoms with E-state index < -0.39 is 0 Å². The highest BCUT2D eigenvalue weighted by molar-refractivity contribution is 7.09. The number of ether oxygens (including phenoxy) is 1. The Morgan fingerprint density at radius 3 is 2.89 bits per heavy atom. The first-order chi connectivity index (χ1) is 13.2. The molecule has 0 aliphatic carbocycles. The van der Waals surface area contributed by atoms with Crippen LogP contribution in [0.2, 0.25) is 0 Å². The second-order valence-corrected chi connectivity index (χ2v) is 6.84. The third-order valence-corrected chi connectivity index (χ3v) is 4.96. The first-order valence-corrected chi connectivity index (χ1v) is 9.73. The van der Waals surface area contributed by atoms with Crippen molar-refractivity contribution < 1.29 is 14.1 Å². The average Bonchev–Trinajstić information content (AvgIpc) is 3.35. The lowest BCUT2D eigenvalue weighted by Gasteiger charge is -2.03. The van der Waals surface area contributed by atoms with Crippen LogP contribution in [0.3, 0.4) is 0 Å². The van der Waals surface area contributed by atoms with E-state index in [9.17, 15) is 4.79 Å². The summed E-state index contributed by atoms with van der Waals surface area (Å²) in [4.78, 5) is 20.9. The summed E-state index contributed by atoms with van der Waals surface area (Å²) >= 11 is 1.63. The van der Waals surface area contributed by atoms with Gasteiger partial charge in [0.15, 0.2) is 0 Å². The molecule has 3 rings (SSSR count). The summed E-state index contributed by atoms with van der Waals surface area (Å²) in [6.07, 6.45) is 2.37. The van der Waals surface area contributed by atoms with Gasteiger partial charge in [0.2, 0.25) is 17.6 Å². The quantitative estimate of drug-likeness (QED) is 0.608. The first-order valence-electron chi connectivity index (χ1n) is 8.85. The normalized spacial score (nSPS) is 10.7. The van der Waals surface area contributed by atoms with Gasteiger partial charge in [-0.1, -0.05) is 24.2 Å². The minimum Gasteiger partial charge on any atom is -0.496 e. The van der Waals surface area contributed by atoms with Gasteiger partial charge >= 0.3 is 0 Å². The lowest BCUT2D eigenvalue weighted by Crippen LogP contribution is -2.25. The van der Waals surface area contributed by atoms with Crippen molar-refractivity contribution >= 4 is 17.2 Å². The number of methoxy groups -OCH3 is 1. The molecular weight excluding hydrogens is 364 g/mol. The number of hydrogen-bond acceptors (Lipinski definition) is 7. The molecule has 0 saturated heterocycles. The van der Waals surface area contributed by atoms with Crippen LogP contribution >= 0.6 is 11.3 Å². The number of nitrogens with one attached hydrogen (secondary N) is 1. The Morgan fingerprint density at radius 2 is 2.11 bits per heavy atom. The molecule has 0 saturated carbocycles. The van der Waals surface area contributed by atoms with Gasteiger partial charge in [0.05, 0.1) is 23.4 Å². The van der Waals surface area contributed by atoms with E-state index in [4.69, 9.17) is 9.26 Å². The van der Waals surface area contributed by atoms with Crippen LogP contribution in [0.4, 0.5) is 0 Å². The van der Waals surface area contributed by atoms with Crippen molar-refractivity contribution in [2.45, 2.75) is 32.6 Å². The molecule has 1 aromatic carbocycles. The molecule has 0 atom stereocenters. The summed E-state index contributed by atoms with van der Waals surface area (Å²) in [6.45, 7) is 2.66. The van der Waals surface area contributed by atoms with Crippen LogP contribution in [0, 0.1) is 0 Å². The number of para-hydroxylation sites is 1. The Hall–Kier alpha value is -2.74. The standard InChI is InChI=1S/C19H22N4O3S/c1-3-13-12-27-18(21-13)10-11-20-16(24)8-9-17-22-19(23-26-17)14-6-4-5-7-15(14)25-2/h4-7,12H,3,8-11H2,1-2H3,(H,20,24). The SMILES string of the molecule is CCc1csc(CCNC(=O)CCc2nc(-c3ccccc3OC)no2)n1. The number of aromatic nitrogens is 3. The lowest BCUT2D eigenvalue weighted by atomic mass is 10.2. The highest BCUT2D eigenvalue weighted by atomic mass is 32.1. The molecule has 2 aromatic heterocycles. The van der Waals surface area contributed by atoms with E-state index in [1.807, 2.05) is 24.3 Å². The zero-order chi connectivity index (χ0) is 19.1. The van der Waals surface area contributed by atoms with E-state index >= 15 is 0 Å². The molecule has 142 valence electrons. The number of aryl methyl sites for hydroxylation is 2. The second kappa shape index (κ2) is 9.27. The van der Waals surface area contributed by atoms with Gasteiger partial charge in [-0.3, -0.25) is 4.79 Å². The molecule has 3 aromatic rings. The van der Waals surface area contributed by atoms with Crippen LogP contribution in [-0.2, 0) is 24.1 Å². The summed E-state index contributed by atoms with van der Waals surface area (Å²) < 4.78 is 10.6. The molecule has 7 nitrogen and oxygen atoms in total. The topological polar surface area (TPSA) is 90.1 Å². The Balaban J connectivity index is 1.46. The minimum absolute atomic E-state index is 0.0423. The van der Waals surface area contributed by atoms with Gasteiger partial charge in [-0.25, -0.2) is 4.98 Å². The first kappa shape index (κ1) is 19.0. The van der Waals surface area contributed by atoms with Crippen LogP contribution in [0.1, 0.15) is 29.9 Å². The average molecular weight is 386 g/mol. The molecule has 0 bridgehead atoms. The minimum atomic E-state index is -0.0423. The van der Waals surface area contributed by atoms with Gasteiger partial charge in [0, 0.05) is 31.2 Å². The van der Waals surface area contributed by atoms with E-state index in [0.717, 1.165) is 29.1 Å². The molecule has 8 heteroatoms. The Labute approximate surface area is 161 Å². The van der Waals surface area contributed by atoms with Crippen molar-refractivity contribution in [2.24, 2.45) is 0 Å². The van der Waals surface area contributed by atoms with Gasteiger partial charge in [-0.05, 0) is 18.6 Å². The monoisotopic (exact) mass is 386 g/mol. The van der Waals surface area contributed by atoms with Crippen molar-refractivity contribution in [3.8, 4) is 17.1 Å². The zero-order valence-electron chi connectivity index (χ0n) is 15.4. The van der Waals surface area contributed by atoms with Gasteiger partial charge in [0.1, 0.15) is 5.75 Å². The van der Waals surface area contributed by atoms with E-state index in [-0.39, 0.29) is 5.91 Å². The van der Waals surface area contributed by atoms with Gasteiger partial charge in [0.25, 0.3) is 0 Å². The van der Waals surface area contributed by atoms with Gasteiger partial charge < -0.3 is 14.6 Å². The maximum atomic E-state index is 12.0. The Bertz CT molecular complexity index is 890. The van der Waals surface area contributed by atoms with Crippen molar-refractivity contribution in [2.75, 3.05) is 13.7 Å². The van der Waals surface area contributed by atoms with Crippen molar-refractivity contribution in [3.05, 3.63) is 46.2 Å². The Kier molecular flexibility index (Phi) is 6.54. The molecule has 0 unspecified atom stereocenters. The maximum absolute atomic E-state index is 12.0. The molecule has 1 N–H and O–H groups in total. The molecule has 2 heterocycles. The molecule has 0 spiro atoms. The predicted octanol–water partition coefficient (Wildman–Crippen LogP) is 3.06. The molecule has 0 aliphatic heterocycles. The third kappa shape index (κ3) is 5.13. The van der Waals surface area contributed by atoms with E-state index in [0.29, 0.717) is 36.9 Å². The molecule has 27 heavy (non-hydrogen) atoms. The number of amides is 1. The molecule has 0 fully saturated rings. The van der Waals surface area contributed by atoms with Crippen LogP contribution in [0.5, 0.6) is 5.75 Å². The number of carbonyl (C=O) groups is 1. The number of thiazole rings is 1. The maximum Gasteiger partial charge on any atom is 0.227 e. The van der Waals surface area contributed by atoms with E-state index in [1.165, 1.54) is 0 Å².